The number of hydrogen-bond donors (Lipinski definition) is 0. The molecule has 2 fully saturated rings. The SMILES string of the molecule is CN1CCC2(CC[N-]C2)C1.[V]. The molecule has 0 amide bonds. The maximum atomic E-state index is 4.43. The minimum atomic E-state index is 0. The molecule has 2 saturated heterocycles. The molecule has 0 aromatic rings. The van der Waals surface area contributed by atoms with Crippen molar-refractivity contribution in [3.63, 3.8) is 0 Å². The summed E-state index contributed by atoms with van der Waals surface area (Å²) in [5.74, 6) is 0. The molecule has 0 bridgehead atoms. The first-order valence-electron chi connectivity index (χ1n) is 4.13. The molecular formula is C8H15N2V-. The van der Waals surface area contributed by atoms with Gasteiger partial charge in [0.1, 0.15) is 0 Å². The molecule has 1 unspecified atom stereocenters. The Morgan fingerprint density at radius 1 is 1.36 bits per heavy atom. The van der Waals surface area contributed by atoms with Crippen molar-refractivity contribution in [2.75, 3.05) is 33.2 Å². The molecule has 2 nitrogen and oxygen atoms in total. The van der Waals surface area contributed by atoms with Crippen LogP contribution in [0.3, 0.4) is 0 Å². The predicted octanol–water partition coefficient (Wildman–Crippen LogP) is 1.08. The van der Waals surface area contributed by atoms with Gasteiger partial charge in [-0.25, -0.2) is 0 Å². The van der Waals surface area contributed by atoms with Crippen LogP contribution < -0.4 is 0 Å². The zero-order valence-electron chi connectivity index (χ0n) is 7.08. The van der Waals surface area contributed by atoms with Crippen LogP contribution >= 0.6 is 0 Å². The summed E-state index contributed by atoms with van der Waals surface area (Å²) in [6, 6.07) is 0. The third-order valence-corrected chi connectivity index (χ3v) is 2.88. The van der Waals surface area contributed by atoms with Crippen LogP contribution in [-0.2, 0) is 18.6 Å². The van der Waals surface area contributed by atoms with Crippen molar-refractivity contribution < 1.29 is 18.6 Å². The second kappa shape index (κ2) is 3.48. The molecule has 0 aromatic heterocycles. The Morgan fingerprint density at radius 2 is 2.18 bits per heavy atom. The molecule has 0 aromatic carbocycles. The van der Waals surface area contributed by atoms with Gasteiger partial charge < -0.3 is 10.2 Å². The summed E-state index contributed by atoms with van der Waals surface area (Å²) in [7, 11) is 2.22. The van der Waals surface area contributed by atoms with Gasteiger partial charge >= 0.3 is 0 Å². The molecule has 2 rings (SSSR count). The molecular weight excluding hydrogens is 175 g/mol. The molecule has 2 aliphatic rings. The van der Waals surface area contributed by atoms with E-state index in [-0.39, 0.29) is 18.6 Å². The molecule has 1 atom stereocenters. The normalized spacial score (nSPS) is 37.9. The fraction of sp³-hybridized carbons (Fsp3) is 1.00. The summed E-state index contributed by atoms with van der Waals surface area (Å²) >= 11 is 0. The summed E-state index contributed by atoms with van der Waals surface area (Å²) in [5.41, 5.74) is 0.620. The first-order valence-corrected chi connectivity index (χ1v) is 4.13. The molecule has 2 aliphatic heterocycles. The van der Waals surface area contributed by atoms with E-state index in [9.17, 15) is 0 Å². The van der Waals surface area contributed by atoms with E-state index in [1.54, 1.807) is 0 Å². The van der Waals surface area contributed by atoms with Crippen LogP contribution in [0, 0.1) is 5.41 Å². The van der Waals surface area contributed by atoms with Crippen molar-refractivity contribution in [2.24, 2.45) is 5.41 Å². The molecule has 1 spiro atoms. The van der Waals surface area contributed by atoms with Crippen molar-refractivity contribution >= 4 is 0 Å². The third-order valence-electron chi connectivity index (χ3n) is 2.88. The minimum Gasteiger partial charge on any atom is -0.662 e. The van der Waals surface area contributed by atoms with Crippen LogP contribution in [0.2, 0.25) is 0 Å². The summed E-state index contributed by atoms with van der Waals surface area (Å²) < 4.78 is 0. The van der Waals surface area contributed by atoms with Gasteiger partial charge in [0.2, 0.25) is 0 Å². The van der Waals surface area contributed by atoms with E-state index in [4.69, 9.17) is 0 Å². The van der Waals surface area contributed by atoms with Crippen molar-refractivity contribution in [1.82, 2.24) is 4.90 Å². The fourth-order valence-electron chi connectivity index (χ4n) is 2.20. The van der Waals surface area contributed by atoms with Crippen LogP contribution in [0.5, 0.6) is 0 Å². The topological polar surface area (TPSA) is 17.3 Å². The largest absolute Gasteiger partial charge is 0.662 e. The predicted molar refractivity (Wildman–Crippen MR) is 42.3 cm³/mol. The maximum Gasteiger partial charge on any atom is 0.00183 e. The fourth-order valence-corrected chi connectivity index (χ4v) is 2.20. The average molecular weight is 190 g/mol. The van der Waals surface area contributed by atoms with E-state index in [0.29, 0.717) is 5.41 Å². The monoisotopic (exact) mass is 190 g/mol. The smallest absolute Gasteiger partial charge is 0.00183 e. The summed E-state index contributed by atoms with van der Waals surface area (Å²) in [6.45, 7) is 4.83. The summed E-state index contributed by atoms with van der Waals surface area (Å²) in [4.78, 5) is 2.43. The Hall–Kier alpha value is 0.504. The molecule has 0 N–H and O–H groups in total. The zero-order chi connectivity index (χ0) is 7.03. The number of likely N-dealkylation sites (tertiary alicyclic amines) is 1. The van der Waals surface area contributed by atoms with Gasteiger partial charge in [-0.15, -0.1) is 13.1 Å². The van der Waals surface area contributed by atoms with E-state index in [1.165, 1.54) is 25.9 Å². The van der Waals surface area contributed by atoms with Gasteiger partial charge in [0.15, 0.2) is 0 Å². The minimum absolute atomic E-state index is 0. The van der Waals surface area contributed by atoms with Crippen LogP contribution in [0.1, 0.15) is 12.8 Å². The van der Waals surface area contributed by atoms with Gasteiger partial charge in [0.25, 0.3) is 0 Å². The van der Waals surface area contributed by atoms with Crippen molar-refractivity contribution in [1.29, 1.82) is 0 Å². The summed E-state index contributed by atoms with van der Waals surface area (Å²) in [5, 5.41) is 4.43. The van der Waals surface area contributed by atoms with Crippen molar-refractivity contribution in [3.05, 3.63) is 5.32 Å². The Labute approximate surface area is 80.6 Å². The van der Waals surface area contributed by atoms with Crippen LogP contribution in [0.15, 0.2) is 0 Å². The second-order valence-electron chi connectivity index (χ2n) is 3.84. The van der Waals surface area contributed by atoms with Gasteiger partial charge in [-0.3, -0.25) is 0 Å². The third kappa shape index (κ3) is 1.81. The van der Waals surface area contributed by atoms with E-state index in [1.807, 2.05) is 0 Å². The van der Waals surface area contributed by atoms with Gasteiger partial charge in [-0.05, 0) is 25.4 Å². The first kappa shape index (κ1) is 9.59. The number of nitrogens with zero attached hydrogens (tertiary/aromatic N) is 2. The van der Waals surface area contributed by atoms with Crippen LogP contribution in [0.25, 0.3) is 5.32 Å². The quantitative estimate of drug-likeness (QED) is 0.558. The van der Waals surface area contributed by atoms with E-state index < -0.39 is 0 Å². The molecule has 3 heteroatoms. The van der Waals surface area contributed by atoms with Gasteiger partial charge in [0.05, 0.1) is 0 Å². The van der Waals surface area contributed by atoms with Crippen LogP contribution in [0.4, 0.5) is 0 Å². The molecule has 1 radical (unpaired) electrons. The Balaban J connectivity index is 0.000000605. The van der Waals surface area contributed by atoms with Crippen molar-refractivity contribution in [2.45, 2.75) is 12.8 Å². The molecule has 0 saturated carbocycles. The summed E-state index contributed by atoms with van der Waals surface area (Å²) in [6.07, 6.45) is 2.73. The van der Waals surface area contributed by atoms with Gasteiger partial charge in [0, 0.05) is 25.1 Å². The second-order valence-corrected chi connectivity index (χ2v) is 3.84. The molecule has 63 valence electrons. The van der Waals surface area contributed by atoms with Crippen molar-refractivity contribution in [3.8, 4) is 0 Å². The Kier molecular flexibility index (Phi) is 3.04. The van der Waals surface area contributed by atoms with E-state index in [0.717, 1.165) is 13.1 Å². The van der Waals surface area contributed by atoms with Crippen LogP contribution in [-0.4, -0.2) is 38.1 Å². The number of rotatable bonds is 0. The Morgan fingerprint density at radius 3 is 2.64 bits per heavy atom. The first-order chi connectivity index (χ1) is 4.81. The maximum absolute atomic E-state index is 4.43. The molecule has 0 aliphatic carbocycles. The number of hydrogen-bond acceptors (Lipinski definition) is 1. The molecule has 2 heterocycles. The van der Waals surface area contributed by atoms with E-state index in [2.05, 4.69) is 17.3 Å². The van der Waals surface area contributed by atoms with Gasteiger partial charge in [-0.1, -0.05) is 6.42 Å². The van der Waals surface area contributed by atoms with E-state index >= 15 is 0 Å². The Bertz CT molecular complexity index is 132. The standard InChI is InChI=1S/C8H15N2.V/c1-10-5-3-8(7-10)2-4-9-6-8;/h2-7H2,1H3;/q-1;. The average Bonchev–Trinajstić information content (AvgIpc) is 2.46. The molecule has 11 heavy (non-hydrogen) atoms. The van der Waals surface area contributed by atoms with Gasteiger partial charge in [-0.2, -0.15) is 0 Å². The zero-order valence-corrected chi connectivity index (χ0v) is 8.48.